The standard InChI is InChI=1S/C17H20N4O2/c1-12-5-7-13(8-6-12)16(22)21-11-10-20-15-14(17(23)18-2)4-3-9-19-15/h3-9H,10-11H2,1-2H3,(H,18,23)(H,19,20)(H,21,22). The predicted octanol–water partition coefficient (Wildman–Crippen LogP) is 1.59. The maximum Gasteiger partial charge on any atom is 0.254 e. The van der Waals surface area contributed by atoms with Gasteiger partial charge >= 0.3 is 0 Å². The Morgan fingerprint density at radius 1 is 1.04 bits per heavy atom. The summed E-state index contributed by atoms with van der Waals surface area (Å²) in [5, 5.41) is 8.45. The zero-order valence-electron chi connectivity index (χ0n) is 13.2. The number of hydrogen-bond acceptors (Lipinski definition) is 4. The van der Waals surface area contributed by atoms with Crippen LogP contribution >= 0.6 is 0 Å². The molecule has 2 rings (SSSR count). The molecule has 2 amide bonds. The van der Waals surface area contributed by atoms with Crippen molar-refractivity contribution in [1.82, 2.24) is 15.6 Å². The van der Waals surface area contributed by atoms with E-state index in [0.29, 0.717) is 30.0 Å². The molecule has 3 N–H and O–H groups in total. The molecule has 0 aliphatic heterocycles. The Labute approximate surface area is 135 Å². The summed E-state index contributed by atoms with van der Waals surface area (Å²) >= 11 is 0. The van der Waals surface area contributed by atoms with Crippen LogP contribution in [0.3, 0.4) is 0 Å². The number of carbonyl (C=O) groups excluding carboxylic acids is 2. The monoisotopic (exact) mass is 312 g/mol. The number of benzene rings is 1. The van der Waals surface area contributed by atoms with E-state index in [0.717, 1.165) is 5.56 Å². The highest BCUT2D eigenvalue weighted by atomic mass is 16.2. The van der Waals surface area contributed by atoms with Crippen molar-refractivity contribution >= 4 is 17.6 Å². The molecule has 0 saturated heterocycles. The topological polar surface area (TPSA) is 83.1 Å². The van der Waals surface area contributed by atoms with Gasteiger partial charge in [0.15, 0.2) is 0 Å². The van der Waals surface area contributed by atoms with Crippen LogP contribution in [0.5, 0.6) is 0 Å². The third-order valence-corrected chi connectivity index (χ3v) is 3.30. The van der Waals surface area contributed by atoms with Gasteiger partial charge in [-0.2, -0.15) is 0 Å². The van der Waals surface area contributed by atoms with Crippen molar-refractivity contribution in [3.63, 3.8) is 0 Å². The van der Waals surface area contributed by atoms with E-state index in [2.05, 4.69) is 20.9 Å². The predicted molar refractivity (Wildman–Crippen MR) is 89.6 cm³/mol. The molecule has 1 aromatic carbocycles. The average molecular weight is 312 g/mol. The van der Waals surface area contributed by atoms with Crippen molar-refractivity contribution in [3.8, 4) is 0 Å². The molecular formula is C17H20N4O2. The van der Waals surface area contributed by atoms with Crippen molar-refractivity contribution in [2.24, 2.45) is 0 Å². The second-order valence-electron chi connectivity index (χ2n) is 5.03. The van der Waals surface area contributed by atoms with Crippen LogP contribution in [0.1, 0.15) is 26.3 Å². The van der Waals surface area contributed by atoms with Crippen molar-refractivity contribution in [2.75, 3.05) is 25.5 Å². The first-order valence-electron chi connectivity index (χ1n) is 7.37. The summed E-state index contributed by atoms with van der Waals surface area (Å²) in [4.78, 5) is 27.8. The molecular weight excluding hydrogens is 292 g/mol. The fraction of sp³-hybridized carbons (Fsp3) is 0.235. The summed E-state index contributed by atoms with van der Waals surface area (Å²) in [5.74, 6) is 0.167. The summed E-state index contributed by atoms with van der Waals surface area (Å²) in [5.41, 5.74) is 2.21. The molecule has 0 spiro atoms. The highest BCUT2D eigenvalue weighted by Gasteiger charge is 2.10. The SMILES string of the molecule is CNC(=O)c1cccnc1NCCNC(=O)c1ccc(C)cc1. The summed E-state index contributed by atoms with van der Waals surface area (Å²) in [6.45, 7) is 2.87. The lowest BCUT2D eigenvalue weighted by molar-refractivity contribution is 0.0949. The fourth-order valence-electron chi connectivity index (χ4n) is 2.03. The van der Waals surface area contributed by atoms with Gasteiger partial charge in [-0.15, -0.1) is 0 Å². The van der Waals surface area contributed by atoms with Gasteiger partial charge in [-0.05, 0) is 31.2 Å². The van der Waals surface area contributed by atoms with Crippen LogP contribution in [-0.4, -0.2) is 36.9 Å². The lowest BCUT2D eigenvalue weighted by Crippen LogP contribution is -2.29. The van der Waals surface area contributed by atoms with E-state index in [4.69, 9.17) is 0 Å². The Hall–Kier alpha value is -2.89. The minimum Gasteiger partial charge on any atom is -0.368 e. The number of hydrogen-bond donors (Lipinski definition) is 3. The van der Waals surface area contributed by atoms with E-state index in [1.54, 1.807) is 37.5 Å². The molecule has 0 saturated carbocycles. The van der Waals surface area contributed by atoms with E-state index in [9.17, 15) is 9.59 Å². The molecule has 0 aliphatic rings. The molecule has 23 heavy (non-hydrogen) atoms. The summed E-state index contributed by atoms with van der Waals surface area (Å²) in [6.07, 6.45) is 1.61. The molecule has 1 aromatic heterocycles. The van der Waals surface area contributed by atoms with Crippen LogP contribution < -0.4 is 16.0 Å². The maximum absolute atomic E-state index is 12.0. The van der Waals surface area contributed by atoms with E-state index in [1.165, 1.54) is 0 Å². The second-order valence-corrected chi connectivity index (χ2v) is 5.03. The van der Waals surface area contributed by atoms with Crippen LogP contribution in [0.4, 0.5) is 5.82 Å². The summed E-state index contributed by atoms with van der Waals surface area (Å²) in [6, 6.07) is 10.8. The molecule has 6 heteroatoms. The minimum absolute atomic E-state index is 0.126. The molecule has 120 valence electrons. The number of rotatable bonds is 6. The zero-order valence-corrected chi connectivity index (χ0v) is 13.2. The number of pyridine rings is 1. The number of aromatic nitrogens is 1. The second kappa shape index (κ2) is 7.93. The number of amides is 2. The largest absolute Gasteiger partial charge is 0.368 e. The van der Waals surface area contributed by atoms with Crippen LogP contribution in [0, 0.1) is 6.92 Å². The van der Waals surface area contributed by atoms with Gasteiger partial charge in [-0.3, -0.25) is 9.59 Å². The smallest absolute Gasteiger partial charge is 0.254 e. The van der Waals surface area contributed by atoms with Crippen molar-refractivity contribution in [1.29, 1.82) is 0 Å². The number of nitrogens with zero attached hydrogens (tertiary/aromatic N) is 1. The quantitative estimate of drug-likeness (QED) is 0.707. The molecule has 0 atom stereocenters. The Kier molecular flexibility index (Phi) is 5.68. The molecule has 0 aliphatic carbocycles. The summed E-state index contributed by atoms with van der Waals surface area (Å²) in [7, 11) is 1.57. The molecule has 0 radical (unpaired) electrons. The van der Waals surface area contributed by atoms with Crippen LogP contribution in [0.15, 0.2) is 42.6 Å². The lowest BCUT2D eigenvalue weighted by atomic mass is 10.1. The van der Waals surface area contributed by atoms with E-state index in [-0.39, 0.29) is 11.8 Å². The normalized spacial score (nSPS) is 10.0. The molecule has 2 aromatic rings. The number of anilines is 1. The van der Waals surface area contributed by atoms with Gasteiger partial charge in [0.2, 0.25) is 0 Å². The highest BCUT2D eigenvalue weighted by Crippen LogP contribution is 2.10. The lowest BCUT2D eigenvalue weighted by Gasteiger charge is -2.10. The molecule has 1 heterocycles. The first kappa shape index (κ1) is 16.5. The van der Waals surface area contributed by atoms with Gasteiger partial charge in [0.1, 0.15) is 5.82 Å². The van der Waals surface area contributed by atoms with Gasteiger partial charge in [-0.1, -0.05) is 17.7 Å². The first-order valence-corrected chi connectivity index (χ1v) is 7.37. The van der Waals surface area contributed by atoms with Crippen LogP contribution in [0.2, 0.25) is 0 Å². The fourth-order valence-corrected chi connectivity index (χ4v) is 2.03. The molecule has 0 unspecified atom stereocenters. The van der Waals surface area contributed by atoms with Gasteiger partial charge in [0.05, 0.1) is 5.56 Å². The molecule has 6 nitrogen and oxygen atoms in total. The Morgan fingerprint density at radius 3 is 2.48 bits per heavy atom. The van der Waals surface area contributed by atoms with E-state index in [1.807, 2.05) is 19.1 Å². The zero-order chi connectivity index (χ0) is 16.7. The van der Waals surface area contributed by atoms with Gasteiger partial charge in [0.25, 0.3) is 11.8 Å². The number of aryl methyl sites for hydroxylation is 1. The van der Waals surface area contributed by atoms with Crippen molar-refractivity contribution < 1.29 is 9.59 Å². The Morgan fingerprint density at radius 2 is 1.78 bits per heavy atom. The van der Waals surface area contributed by atoms with Crippen molar-refractivity contribution in [2.45, 2.75) is 6.92 Å². The van der Waals surface area contributed by atoms with Gasteiger partial charge < -0.3 is 16.0 Å². The van der Waals surface area contributed by atoms with Crippen LogP contribution in [0.25, 0.3) is 0 Å². The van der Waals surface area contributed by atoms with E-state index >= 15 is 0 Å². The maximum atomic E-state index is 12.0. The van der Waals surface area contributed by atoms with Crippen LogP contribution in [-0.2, 0) is 0 Å². The Balaban J connectivity index is 1.85. The summed E-state index contributed by atoms with van der Waals surface area (Å²) < 4.78 is 0. The van der Waals surface area contributed by atoms with Gasteiger partial charge in [-0.25, -0.2) is 4.98 Å². The van der Waals surface area contributed by atoms with Gasteiger partial charge in [0, 0.05) is 31.9 Å². The molecule has 0 bridgehead atoms. The molecule has 0 fully saturated rings. The number of nitrogens with one attached hydrogen (secondary N) is 3. The van der Waals surface area contributed by atoms with E-state index < -0.39 is 0 Å². The third-order valence-electron chi connectivity index (χ3n) is 3.30. The highest BCUT2D eigenvalue weighted by molar-refractivity contribution is 5.98. The third kappa shape index (κ3) is 4.54. The minimum atomic E-state index is -0.204. The average Bonchev–Trinajstić information content (AvgIpc) is 2.58. The van der Waals surface area contributed by atoms with Crippen molar-refractivity contribution in [3.05, 3.63) is 59.3 Å². The first-order chi connectivity index (χ1) is 11.1. The number of carbonyl (C=O) groups is 2. The Bertz CT molecular complexity index is 683.